The molecule has 6 heteroatoms. The summed E-state index contributed by atoms with van der Waals surface area (Å²) >= 11 is 0. The molecule has 6 aliphatic carbocycles. The summed E-state index contributed by atoms with van der Waals surface area (Å²) in [5.41, 5.74) is 11.8. The van der Waals surface area contributed by atoms with E-state index in [1.165, 1.54) is 83.1 Å². The van der Waals surface area contributed by atoms with E-state index in [9.17, 15) is 0 Å². The van der Waals surface area contributed by atoms with E-state index in [1.807, 2.05) is 0 Å². The highest BCUT2D eigenvalue weighted by Gasteiger charge is 2.50. The molecular formula is C57H59N5O. The van der Waals surface area contributed by atoms with Crippen molar-refractivity contribution in [1.82, 2.24) is 5.32 Å². The van der Waals surface area contributed by atoms with Crippen molar-refractivity contribution in [3.8, 4) is 0 Å². The van der Waals surface area contributed by atoms with Gasteiger partial charge in [-0.25, -0.2) is 9.98 Å². The molecule has 0 spiro atoms. The zero-order chi connectivity index (χ0) is 41.9. The molecule has 4 heterocycles. The minimum absolute atomic E-state index is 0.0103. The molecule has 6 nitrogen and oxygen atoms in total. The quantitative estimate of drug-likeness (QED) is 0.241. The van der Waals surface area contributed by atoms with Crippen LogP contribution in [0.4, 0.5) is 11.4 Å². The number of hydrogen-bond donors (Lipinski definition) is 1. The van der Waals surface area contributed by atoms with Crippen LogP contribution in [-0.4, -0.2) is 36.1 Å². The summed E-state index contributed by atoms with van der Waals surface area (Å²) in [7, 11) is 0. The predicted molar refractivity (Wildman–Crippen MR) is 261 cm³/mol. The zero-order valence-corrected chi connectivity index (χ0v) is 36.6. The number of dihydropyridines is 1. The van der Waals surface area contributed by atoms with Gasteiger partial charge < -0.3 is 14.6 Å². The number of nitrogens with zero attached hydrogens (tertiary/aromatic N) is 4. The van der Waals surface area contributed by atoms with Crippen LogP contribution in [0.1, 0.15) is 101 Å². The summed E-state index contributed by atoms with van der Waals surface area (Å²) in [6, 6.07) is 16.0. The Morgan fingerprint density at radius 1 is 0.841 bits per heavy atom. The van der Waals surface area contributed by atoms with Crippen molar-refractivity contribution in [1.29, 1.82) is 0 Å². The third-order valence-electron chi connectivity index (χ3n) is 15.8. The summed E-state index contributed by atoms with van der Waals surface area (Å²) in [5, 5.41) is 5.16. The molecule has 0 fully saturated rings. The average molecular weight is 830 g/mol. The van der Waals surface area contributed by atoms with Crippen molar-refractivity contribution in [3.05, 3.63) is 161 Å². The van der Waals surface area contributed by atoms with E-state index in [0.29, 0.717) is 17.9 Å². The van der Waals surface area contributed by atoms with Crippen LogP contribution in [0.25, 0.3) is 17.0 Å². The van der Waals surface area contributed by atoms with Gasteiger partial charge in [-0.1, -0.05) is 116 Å². The summed E-state index contributed by atoms with van der Waals surface area (Å²) < 4.78 is 6.82. The van der Waals surface area contributed by atoms with Crippen LogP contribution < -0.4 is 10.2 Å². The van der Waals surface area contributed by atoms with Gasteiger partial charge in [0.2, 0.25) is 0 Å². The molecule has 3 aliphatic heterocycles. The van der Waals surface area contributed by atoms with Crippen LogP contribution in [0.5, 0.6) is 0 Å². The number of aliphatic imine (C=N–C) groups is 3. The number of nitrogens with one attached hydrogen (secondary N) is 1. The topological polar surface area (TPSA) is 65.5 Å². The first-order valence-electron chi connectivity index (χ1n) is 24.1. The molecule has 8 unspecified atom stereocenters. The van der Waals surface area contributed by atoms with Crippen LogP contribution in [0, 0.1) is 23.7 Å². The number of hydrogen-bond acceptors (Lipinski definition) is 6. The summed E-state index contributed by atoms with van der Waals surface area (Å²) in [6.45, 7) is 2.48. The molecule has 63 heavy (non-hydrogen) atoms. The van der Waals surface area contributed by atoms with Crippen molar-refractivity contribution in [2.75, 3.05) is 4.90 Å². The fraction of sp³-hybridized carbons (Fsp3) is 0.386. The lowest BCUT2D eigenvalue weighted by atomic mass is 9.72. The van der Waals surface area contributed by atoms with Crippen molar-refractivity contribution in [2.45, 2.75) is 114 Å². The van der Waals surface area contributed by atoms with Crippen LogP contribution in [0.3, 0.4) is 0 Å². The molecule has 0 saturated carbocycles. The van der Waals surface area contributed by atoms with Gasteiger partial charge in [-0.05, 0) is 130 Å². The molecular weight excluding hydrogens is 771 g/mol. The van der Waals surface area contributed by atoms with Crippen LogP contribution >= 0.6 is 0 Å². The lowest BCUT2D eigenvalue weighted by Gasteiger charge is -2.38. The van der Waals surface area contributed by atoms with Crippen LogP contribution in [0.15, 0.2) is 163 Å². The van der Waals surface area contributed by atoms with E-state index in [4.69, 9.17) is 19.4 Å². The Morgan fingerprint density at radius 3 is 2.63 bits per heavy atom. The second kappa shape index (κ2) is 16.1. The number of para-hydroxylation sites is 1. The lowest BCUT2D eigenvalue weighted by Crippen LogP contribution is -2.47. The van der Waals surface area contributed by atoms with Crippen molar-refractivity contribution in [3.63, 3.8) is 0 Å². The highest BCUT2D eigenvalue weighted by molar-refractivity contribution is 6.13. The highest BCUT2D eigenvalue weighted by atomic mass is 16.3. The number of furan rings is 1. The Balaban J connectivity index is 0.952. The largest absolute Gasteiger partial charge is 0.456 e. The first-order valence-corrected chi connectivity index (χ1v) is 24.1. The van der Waals surface area contributed by atoms with E-state index in [-0.39, 0.29) is 29.5 Å². The molecule has 0 radical (unpaired) electrons. The number of allylic oxidation sites excluding steroid dienone is 11. The molecule has 9 aliphatic rings. The molecule has 2 aromatic carbocycles. The Morgan fingerprint density at radius 2 is 1.78 bits per heavy atom. The van der Waals surface area contributed by atoms with Crippen molar-refractivity contribution >= 4 is 46.3 Å². The highest BCUT2D eigenvalue weighted by Crippen LogP contribution is 2.57. The minimum Gasteiger partial charge on any atom is -0.456 e. The predicted octanol–water partition coefficient (Wildman–Crippen LogP) is 13.1. The fourth-order valence-corrected chi connectivity index (χ4v) is 12.4. The minimum atomic E-state index is -0.251. The van der Waals surface area contributed by atoms with Gasteiger partial charge in [-0.3, -0.25) is 4.99 Å². The first-order chi connectivity index (χ1) is 31.1. The number of rotatable bonds is 7. The molecule has 318 valence electrons. The molecule has 8 atom stereocenters. The zero-order valence-electron chi connectivity index (χ0n) is 36.6. The molecule has 3 aromatic rings. The van der Waals surface area contributed by atoms with Crippen LogP contribution in [0.2, 0.25) is 0 Å². The maximum atomic E-state index is 6.82. The van der Waals surface area contributed by atoms with Gasteiger partial charge in [0.25, 0.3) is 0 Å². The number of benzene rings is 2. The molecule has 0 bridgehead atoms. The van der Waals surface area contributed by atoms with E-state index in [1.54, 1.807) is 5.57 Å². The van der Waals surface area contributed by atoms with E-state index in [0.717, 1.165) is 68.0 Å². The maximum Gasteiger partial charge on any atom is 0.165 e. The molecule has 1 aromatic heterocycles. The lowest BCUT2D eigenvalue weighted by molar-refractivity contribution is 0.389. The average Bonchev–Trinajstić information content (AvgIpc) is 3.87. The first kappa shape index (κ1) is 38.9. The van der Waals surface area contributed by atoms with Gasteiger partial charge in [-0.2, -0.15) is 0 Å². The van der Waals surface area contributed by atoms with Gasteiger partial charge in [0.15, 0.2) is 6.17 Å². The van der Waals surface area contributed by atoms with Gasteiger partial charge in [0, 0.05) is 51.7 Å². The third kappa shape index (κ3) is 6.87. The molecule has 12 rings (SSSR count). The summed E-state index contributed by atoms with van der Waals surface area (Å²) in [5.74, 6) is 4.06. The number of fused-ring (bicyclic) bond motifs is 7. The normalized spacial score (nSPS) is 31.9. The Kier molecular flexibility index (Phi) is 9.94. The maximum absolute atomic E-state index is 6.82. The third-order valence-corrected chi connectivity index (χ3v) is 15.8. The molecule has 0 amide bonds. The second-order valence-corrected chi connectivity index (χ2v) is 19.6. The SMILES string of the molecule is CC12CC=CCC1N(c1ccccc1)c1c2ccc2oc3c(c12)CC(C1N=CC(C2C=C(C4CC=CCC4)CCC2)=CC1C1=NC(C2=CC=CCC2)N=C(C2=CCCC=C2)N1)C=C3. The molecule has 0 saturated heterocycles. The standard InChI is InChI=1S/C57H59N5O/c1-57-32-15-14-27-50(57)62(44-25-12-5-13-26-44)53-47(57)29-31-49-51(53)45-34-42(28-30-48(45)63-49)52-46(35-43(36-58-52)41-24-16-23-40(33-41)37-17-6-2-7-18-37)56-60-54(38-19-8-3-9-20-38)59-55(61-56)39-21-10-4-11-22-39/h2-3,5-6,8,10,12-15,19,21-22,25-26,28-31,33,35-37,41-42,46,50,52,54H,4,7,9,11,16-18,20,23-24,27,32,34H2,1H3,(H,59,60,61). The Hall–Kier alpha value is -5.75. The summed E-state index contributed by atoms with van der Waals surface area (Å²) in [4.78, 5) is 19.2. The molecule has 1 N–H and O–H groups in total. The Labute approximate surface area is 372 Å². The Bertz CT molecular complexity index is 2710. The number of amidine groups is 2. The fourth-order valence-electron chi connectivity index (χ4n) is 12.4. The summed E-state index contributed by atoms with van der Waals surface area (Å²) in [6.07, 6.45) is 49.3. The van der Waals surface area contributed by atoms with E-state index in [2.05, 4.69) is 151 Å². The van der Waals surface area contributed by atoms with Crippen molar-refractivity contribution < 1.29 is 4.42 Å². The smallest absolute Gasteiger partial charge is 0.165 e. The van der Waals surface area contributed by atoms with Gasteiger partial charge in [0.05, 0.1) is 17.6 Å². The second-order valence-electron chi connectivity index (χ2n) is 19.6. The number of anilines is 2. The van der Waals surface area contributed by atoms with Crippen molar-refractivity contribution in [2.24, 2.45) is 38.6 Å². The van der Waals surface area contributed by atoms with E-state index < -0.39 is 0 Å². The van der Waals surface area contributed by atoms with Crippen LogP contribution in [-0.2, 0) is 11.8 Å². The van der Waals surface area contributed by atoms with E-state index >= 15 is 0 Å². The van der Waals surface area contributed by atoms with Gasteiger partial charge in [0.1, 0.15) is 23.0 Å². The monoisotopic (exact) mass is 829 g/mol. The van der Waals surface area contributed by atoms with Gasteiger partial charge in [-0.15, -0.1) is 0 Å². The van der Waals surface area contributed by atoms with Gasteiger partial charge >= 0.3 is 0 Å².